The zero-order valence-electron chi connectivity index (χ0n) is 14.6. The molecular weight excluding hydrogens is 332 g/mol. The van der Waals surface area contributed by atoms with Gasteiger partial charge in [-0.3, -0.25) is 9.48 Å². The van der Waals surface area contributed by atoms with Crippen molar-refractivity contribution >= 4 is 23.2 Å². The van der Waals surface area contributed by atoms with Crippen molar-refractivity contribution in [2.45, 2.75) is 32.2 Å². The van der Waals surface area contributed by atoms with E-state index < -0.39 is 0 Å². The van der Waals surface area contributed by atoms with E-state index in [1.54, 1.807) is 10.7 Å². The number of carbonyl (C=O) groups excluding carboxylic acids is 1. The minimum Gasteiger partial charge on any atom is -0.354 e. The molecule has 0 aromatic carbocycles. The summed E-state index contributed by atoms with van der Waals surface area (Å²) in [6, 6.07) is 2.31. The van der Waals surface area contributed by atoms with Gasteiger partial charge in [0.15, 0.2) is 0 Å². The monoisotopic (exact) mass is 352 g/mol. The van der Waals surface area contributed by atoms with Gasteiger partial charge >= 0.3 is 0 Å². The quantitative estimate of drug-likeness (QED) is 0.704. The van der Waals surface area contributed by atoms with Gasteiger partial charge in [-0.25, -0.2) is 4.98 Å². The number of aryl methyl sites for hydroxylation is 1. The summed E-state index contributed by atoms with van der Waals surface area (Å²) in [6.07, 6.45) is 7.89. The number of nitrogens with zero attached hydrogens (tertiary/aromatic N) is 8. The number of rotatable bonds is 3. The molecule has 2 aliphatic heterocycles. The number of amides is 1. The molecule has 1 amide bonds. The standard InChI is InChI=1S/C17H20N8O/c1-12-7-15(25-17(21-12)18-11-20-25)22-6-4-13(9-22)24-10-14(8-19-24)23-5-2-3-16(23)26/h7-8,10-11,13H,2-6,9H2,1H3. The molecule has 9 nitrogen and oxygen atoms in total. The van der Waals surface area contributed by atoms with E-state index in [-0.39, 0.29) is 11.9 Å². The van der Waals surface area contributed by atoms with Crippen LogP contribution in [0.3, 0.4) is 0 Å². The summed E-state index contributed by atoms with van der Waals surface area (Å²) >= 11 is 0. The summed E-state index contributed by atoms with van der Waals surface area (Å²) in [5, 5.41) is 8.83. The van der Waals surface area contributed by atoms with E-state index in [0.29, 0.717) is 12.2 Å². The highest BCUT2D eigenvalue weighted by molar-refractivity contribution is 5.95. The number of anilines is 2. The van der Waals surface area contributed by atoms with Crippen LogP contribution < -0.4 is 9.80 Å². The largest absolute Gasteiger partial charge is 0.354 e. The molecule has 2 fully saturated rings. The second-order valence-corrected chi connectivity index (χ2v) is 6.94. The molecule has 0 aliphatic carbocycles. The van der Waals surface area contributed by atoms with Crippen LogP contribution in [0.5, 0.6) is 0 Å². The second-order valence-electron chi connectivity index (χ2n) is 6.94. The Labute approximate surface area is 150 Å². The molecule has 0 spiro atoms. The maximum atomic E-state index is 11.9. The summed E-state index contributed by atoms with van der Waals surface area (Å²) in [5.74, 6) is 1.82. The van der Waals surface area contributed by atoms with Crippen LogP contribution in [-0.2, 0) is 4.79 Å². The lowest BCUT2D eigenvalue weighted by atomic mass is 10.3. The molecule has 2 aliphatic rings. The third-order valence-corrected chi connectivity index (χ3v) is 5.20. The first kappa shape index (κ1) is 15.3. The van der Waals surface area contributed by atoms with Gasteiger partial charge in [0.2, 0.25) is 5.91 Å². The molecule has 0 bridgehead atoms. The van der Waals surface area contributed by atoms with Gasteiger partial charge < -0.3 is 9.80 Å². The third-order valence-electron chi connectivity index (χ3n) is 5.20. The fourth-order valence-corrected chi connectivity index (χ4v) is 3.89. The molecule has 3 aromatic heterocycles. The maximum absolute atomic E-state index is 11.9. The molecule has 134 valence electrons. The molecule has 1 unspecified atom stereocenters. The average Bonchev–Trinajstić information content (AvgIpc) is 3.39. The second kappa shape index (κ2) is 5.79. The SMILES string of the molecule is Cc1cc(N2CCC(n3cc(N4CCCC4=O)cn3)C2)n2ncnc2n1. The molecular formula is C17H20N8O. The van der Waals surface area contributed by atoms with Crippen LogP contribution in [-0.4, -0.2) is 54.9 Å². The predicted octanol–water partition coefficient (Wildman–Crippen LogP) is 1.21. The maximum Gasteiger partial charge on any atom is 0.254 e. The van der Waals surface area contributed by atoms with Gasteiger partial charge in [0, 0.05) is 44.0 Å². The predicted molar refractivity (Wildman–Crippen MR) is 95.2 cm³/mol. The van der Waals surface area contributed by atoms with Gasteiger partial charge in [-0.1, -0.05) is 0 Å². The fourth-order valence-electron chi connectivity index (χ4n) is 3.89. The highest BCUT2D eigenvalue weighted by Gasteiger charge is 2.28. The molecule has 9 heteroatoms. The van der Waals surface area contributed by atoms with Crippen LogP contribution in [0, 0.1) is 6.92 Å². The summed E-state index contributed by atoms with van der Waals surface area (Å²) in [5.41, 5.74) is 1.84. The normalized spacial score (nSPS) is 20.7. The van der Waals surface area contributed by atoms with Crippen molar-refractivity contribution in [1.82, 2.24) is 29.4 Å². The van der Waals surface area contributed by atoms with E-state index in [4.69, 9.17) is 0 Å². The Bertz CT molecular complexity index is 976. The first-order valence-electron chi connectivity index (χ1n) is 8.96. The van der Waals surface area contributed by atoms with Crippen molar-refractivity contribution in [2.24, 2.45) is 0 Å². The van der Waals surface area contributed by atoms with Crippen molar-refractivity contribution in [3.8, 4) is 0 Å². The van der Waals surface area contributed by atoms with Crippen molar-refractivity contribution in [2.75, 3.05) is 29.4 Å². The Morgan fingerprint density at radius 3 is 3.00 bits per heavy atom. The van der Waals surface area contributed by atoms with Gasteiger partial charge in [-0.05, 0) is 19.8 Å². The summed E-state index contributed by atoms with van der Waals surface area (Å²) in [6.45, 7) is 4.52. The Morgan fingerprint density at radius 2 is 2.15 bits per heavy atom. The molecule has 0 N–H and O–H groups in total. The van der Waals surface area contributed by atoms with Gasteiger partial charge in [-0.15, -0.1) is 0 Å². The number of hydrogen-bond donors (Lipinski definition) is 0. The lowest BCUT2D eigenvalue weighted by Crippen LogP contribution is -2.24. The molecule has 5 heterocycles. The molecule has 0 radical (unpaired) electrons. The number of carbonyl (C=O) groups is 1. The highest BCUT2D eigenvalue weighted by atomic mass is 16.2. The Balaban J connectivity index is 1.38. The first-order chi connectivity index (χ1) is 12.7. The zero-order chi connectivity index (χ0) is 17.7. The Kier molecular flexibility index (Phi) is 3.41. The fraction of sp³-hybridized carbons (Fsp3) is 0.471. The number of fused-ring (bicyclic) bond motifs is 1. The van der Waals surface area contributed by atoms with E-state index in [1.165, 1.54) is 6.33 Å². The smallest absolute Gasteiger partial charge is 0.254 e. The van der Waals surface area contributed by atoms with Crippen LogP contribution in [0.25, 0.3) is 5.78 Å². The number of aromatic nitrogens is 6. The molecule has 0 saturated carbocycles. The lowest BCUT2D eigenvalue weighted by Gasteiger charge is -2.19. The Hall–Kier alpha value is -2.97. The first-order valence-corrected chi connectivity index (χ1v) is 8.96. The van der Waals surface area contributed by atoms with Crippen LogP contribution in [0.1, 0.15) is 31.0 Å². The summed E-state index contributed by atoms with van der Waals surface area (Å²) < 4.78 is 3.78. The third kappa shape index (κ3) is 2.42. The van der Waals surface area contributed by atoms with Crippen molar-refractivity contribution in [3.05, 3.63) is 30.5 Å². The van der Waals surface area contributed by atoms with Gasteiger partial charge in [-0.2, -0.15) is 19.7 Å². The molecule has 26 heavy (non-hydrogen) atoms. The lowest BCUT2D eigenvalue weighted by molar-refractivity contribution is -0.117. The van der Waals surface area contributed by atoms with E-state index >= 15 is 0 Å². The highest BCUT2D eigenvalue weighted by Crippen LogP contribution is 2.29. The van der Waals surface area contributed by atoms with Crippen molar-refractivity contribution < 1.29 is 4.79 Å². The van der Waals surface area contributed by atoms with Crippen LogP contribution >= 0.6 is 0 Å². The topological polar surface area (TPSA) is 84.5 Å². The van der Waals surface area contributed by atoms with Crippen LogP contribution in [0.2, 0.25) is 0 Å². The van der Waals surface area contributed by atoms with Gasteiger partial charge in [0.25, 0.3) is 5.78 Å². The van der Waals surface area contributed by atoms with Crippen LogP contribution in [0.4, 0.5) is 11.5 Å². The van der Waals surface area contributed by atoms with Crippen LogP contribution in [0.15, 0.2) is 24.8 Å². The summed E-state index contributed by atoms with van der Waals surface area (Å²) in [7, 11) is 0. The molecule has 2 saturated heterocycles. The van der Waals surface area contributed by atoms with Crippen molar-refractivity contribution in [1.29, 1.82) is 0 Å². The van der Waals surface area contributed by atoms with Gasteiger partial charge in [0.05, 0.1) is 17.9 Å². The van der Waals surface area contributed by atoms with E-state index in [1.807, 2.05) is 28.8 Å². The summed E-state index contributed by atoms with van der Waals surface area (Å²) in [4.78, 5) is 24.7. The van der Waals surface area contributed by atoms with E-state index in [9.17, 15) is 4.79 Å². The van der Waals surface area contributed by atoms with Gasteiger partial charge in [0.1, 0.15) is 12.1 Å². The number of hydrogen-bond acceptors (Lipinski definition) is 6. The Morgan fingerprint density at radius 1 is 1.23 bits per heavy atom. The molecule has 5 rings (SSSR count). The minimum atomic E-state index is 0.193. The van der Waals surface area contributed by atoms with E-state index in [0.717, 1.165) is 49.7 Å². The molecule has 1 atom stereocenters. The van der Waals surface area contributed by atoms with E-state index in [2.05, 4.69) is 25.1 Å². The zero-order valence-corrected chi connectivity index (χ0v) is 14.6. The molecule has 3 aromatic rings. The van der Waals surface area contributed by atoms with Crippen molar-refractivity contribution in [3.63, 3.8) is 0 Å². The average molecular weight is 352 g/mol. The minimum absolute atomic E-state index is 0.193.